The smallest absolute Gasteiger partial charge is 0.319 e. The lowest BCUT2D eigenvalue weighted by Gasteiger charge is -2.28. The predicted octanol–water partition coefficient (Wildman–Crippen LogP) is 6.78. The van der Waals surface area contributed by atoms with Crippen LogP contribution in [0.1, 0.15) is 68.1 Å². The minimum Gasteiger partial charge on any atom is -0.331 e. The number of likely N-dealkylation sites (N-methyl/N-ethyl adjacent to an activating group) is 1. The molecule has 0 radical (unpaired) electrons. The van der Waals surface area contributed by atoms with Crippen LogP contribution in [0.15, 0.2) is 48.8 Å². The van der Waals surface area contributed by atoms with E-state index in [0.29, 0.717) is 5.92 Å². The first kappa shape index (κ1) is 24.6. The Kier molecular flexibility index (Phi) is 8.11. The van der Waals surface area contributed by atoms with Crippen LogP contribution in [-0.2, 0) is 19.4 Å². The van der Waals surface area contributed by atoms with Gasteiger partial charge in [-0.15, -0.1) is 11.3 Å². The molecule has 2 amide bonds. The average molecular weight is 479 g/mol. The van der Waals surface area contributed by atoms with Crippen molar-refractivity contribution in [1.82, 2.24) is 14.8 Å². The molecule has 0 bridgehead atoms. The van der Waals surface area contributed by atoms with E-state index >= 15 is 0 Å². The average Bonchev–Trinajstić information content (AvgIpc) is 3.49. The lowest BCUT2D eigenvalue weighted by molar-refractivity contribution is 0.246. The third-order valence-corrected chi connectivity index (χ3v) is 8.00. The summed E-state index contributed by atoms with van der Waals surface area (Å²) in [6, 6.07) is 12.1. The van der Waals surface area contributed by atoms with Gasteiger partial charge in [-0.1, -0.05) is 39.8 Å². The van der Waals surface area contributed by atoms with Crippen LogP contribution >= 0.6 is 11.3 Å². The number of rotatable bonds is 9. The van der Waals surface area contributed by atoms with Crippen molar-refractivity contribution >= 4 is 23.1 Å². The maximum absolute atomic E-state index is 13.1. The fourth-order valence-corrected chi connectivity index (χ4v) is 6.11. The fraction of sp³-hybridized carbons (Fsp3) is 0.464. The van der Waals surface area contributed by atoms with Crippen molar-refractivity contribution in [3.63, 3.8) is 0 Å². The van der Waals surface area contributed by atoms with Crippen LogP contribution in [0.2, 0.25) is 0 Å². The number of aromatic nitrogens is 1. The van der Waals surface area contributed by atoms with Gasteiger partial charge in [-0.2, -0.15) is 0 Å². The number of anilines is 1. The maximum Gasteiger partial charge on any atom is 0.319 e. The summed E-state index contributed by atoms with van der Waals surface area (Å²) in [5.41, 5.74) is 4.85. The van der Waals surface area contributed by atoms with Gasteiger partial charge in [0.1, 0.15) is 5.00 Å². The summed E-state index contributed by atoms with van der Waals surface area (Å²) in [6.07, 6.45) is 8.25. The molecule has 3 heterocycles. The molecule has 0 saturated carbocycles. The van der Waals surface area contributed by atoms with Gasteiger partial charge < -0.3 is 15.2 Å². The molecule has 1 atom stereocenters. The first-order valence-corrected chi connectivity index (χ1v) is 13.5. The van der Waals surface area contributed by atoms with Crippen molar-refractivity contribution in [3.05, 3.63) is 70.4 Å². The zero-order valence-corrected chi connectivity index (χ0v) is 21.8. The van der Waals surface area contributed by atoms with Gasteiger partial charge in [0.25, 0.3) is 0 Å². The summed E-state index contributed by atoms with van der Waals surface area (Å²) in [6.45, 7) is 12.0. The fourth-order valence-electron chi connectivity index (χ4n) is 4.70. The molecular formula is C28H38N4OS. The van der Waals surface area contributed by atoms with E-state index in [1.807, 2.05) is 23.5 Å². The van der Waals surface area contributed by atoms with E-state index in [9.17, 15) is 4.79 Å². The number of benzene rings is 1. The summed E-state index contributed by atoms with van der Waals surface area (Å²) in [7, 11) is 0. The maximum atomic E-state index is 13.1. The second-order valence-corrected chi connectivity index (χ2v) is 10.7. The van der Waals surface area contributed by atoms with E-state index in [1.165, 1.54) is 26.6 Å². The highest BCUT2D eigenvalue weighted by atomic mass is 32.1. The van der Waals surface area contributed by atoms with Crippen LogP contribution in [0.5, 0.6) is 0 Å². The van der Waals surface area contributed by atoms with Gasteiger partial charge in [-0.05, 0) is 73.5 Å². The summed E-state index contributed by atoms with van der Waals surface area (Å²) in [5, 5.41) is 7.67. The number of nitrogens with one attached hydrogen (secondary N) is 2. The minimum absolute atomic E-state index is 0.0251. The van der Waals surface area contributed by atoms with Crippen LogP contribution in [-0.4, -0.2) is 28.6 Å². The Morgan fingerprint density at radius 3 is 2.47 bits per heavy atom. The summed E-state index contributed by atoms with van der Waals surface area (Å²) in [4.78, 5) is 17.1. The number of carbonyl (C=O) groups is 1. The standard InChI is InChI=1S/C28H38N4OS/c1-5-21-10-12-22(13-11-21)29-28(33)30-24(14-9-20(3)4)26-23-15-18-31(6-2)19-25(23)34-27(26)32-16-7-8-17-32/h7-8,10-13,16-17,20,24H,5-6,9,14-15,18-19H2,1-4H3,(H2,29,30,33)/t24-/m0/s1. The Bertz CT molecular complexity index is 1070. The zero-order chi connectivity index (χ0) is 24.1. The molecule has 4 rings (SSSR count). The Labute approximate surface area is 208 Å². The Hall–Kier alpha value is -2.57. The molecule has 0 fully saturated rings. The Morgan fingerprint density at radius 2 is 1.82 bits per heavy atom. The van der Waals surface area contributed by atoms with E-state index in [1.54, 1.807) is 0 Å². The van der Waals surface area contributed by atoms with Gasteiger partial charge in [0.05, 0.1) is 6.04 Å². The van der Waals surface area contributed by atoms with Gasteiger partial charge in [0, 0.05) is 41.6 Å². The highest BCUT2D eigenvalue weighted by Crippen LogP contribution is 2.41. The molecule has 2 N–H and O–H groups in total. The highest BCUT2D eigenvalue weighted by molar-refractivity contribution is 7.15. The van der Waals surface area contributed by atoms with Gasteiger partial charge in [0.15, 0.2) is 0 Å². The van der Waals surface area contributed by atoms with E-state index in [-0.39, 0.29) is 12.1 Å². The van der Waals surface area contributed by atoms with Gasteiger partial charge in [-0.3, -0.25) is 4.90 Å². The molecule has 1 aliphatic rings. The normalized spacial score (nSPS) is 14.7. The van der Waals surface area contributed by atoms with Crippen LogP contribution < -0.4 is 10.6 Å². The molecule has 1 aromatic carbocycles. The molecule has 5 nitrogen and oxygen atoms in total. The van der Waals surface area contributed by atoms with Crippen molar-refractivity contribution < 1.29 is 4.79 Å². The molecule has 0 saturated heterocycles. The summed E-state index contributed by atoms with van der Waals surface area (Å²) in [5.74, 6) is 0.578. The number of amides is 2. The second-order valence-electron chi connectivity index (χ2n) is 9.60. The zero-order valence-electron chi connectivity index (χ0n) is 20.9. The largest absolute Gasteiger partial charge is 0.331 e. The lowest BCUT2D eigenvalue weighted by Crippen LogP contribution is -2.35. The topological polar surface area (TPSA) is 49.3 Å². The lowest BCUT2D eigenvalue weighted by atomic mass is 9.92. The monoisotopic (exact) mass is 478 g/mol. The SMILES string of the molecule is CCc1ccc(NC(=O)N[C@@H](CCC(C)C)c2c(-n3cccc3)sc3c2CCN(CC)C3)cc1. The third kappa shape index (κ3) is 5.73. The summed E-state index contributed by atoms with van der Waals surface area (Å²) >= 11 is 1.89. The number of aryl methyl sites for hydroxylation is 1. The molecule has 182 valence electrons. The minimum atomic E-state index is -0.137. The van der Waals surface area contributed by atoms with Gasteiger partial charge >= 0.3 is 6.03 Å². The van der Waals surface area contributed by atoms with Crippen molar-refractivity contribution in [2.24, 2.45) is 5.92 Å². The predicted molar refractivity (Wildman–Crippen MR) is 143 cm³/mol. The number of hydrogen-bond acceptors (Lipinski definition) is 3. The molecule has 0 spiro atoms. The number of carbonyl (C=O) groups excluding carboxylic acids is 1. The van der Waals surface area contributed by atoms with E-state index < -0.39 is 0 Å². The number of thiophene rings is 1. The van der Waals surface area contributed by atoms with Crippen LogP contribution in [0.4, 0.5) is 10.5 Å². The quantitative estimate of drug-likeness (QED) is 0.356. The van der Waals surface area contributed by atoms with Crippen LogP contribution in [0, 0.1) is 5.92 Å². The second kappa shape index (κ2) is 11.2. The number of hydrogen-bond donors (Lipinski definition) is 2. The van der Waals surface area contributed by atoms with E-state index in [4.69, 9.17) is 0 Å². The molecular weight excluding hydrogens is 440 g/mol. The molecule has 1 aliphatic heterocycles. The first-order chi connectivity index (χ1) is 16.5. The highest BCUT2D eigenvalue weighted by Gasteiger charge is 2.30. The van der Waals surface area contributed by atoms with Crippen molar-refractivity contribution in [2.75, 3.05) is 18.4 Å². The van der Waals surface area contributed by atoms with Crippen LogP contribution in [0.3, 0.4) is 0 Å². The first-order valence-electron chi connectivity index (χ1n) is 12.6. The van der Waals surface area contributed by atoms with Crippen molar-refractivity contribution in [2.45, 2.75) is 66.0 Å². The van der Waals surface area contributed by atoms with E-state index in [2.05, 4.69) is 84.5 Å². The molecule has 2 aromatic heterocycles. The molecule has 34 heavy (non-hydrogen) atoms. The van der Waals surface area contributed by atoms with Crippen molar-refractivity contribution in [1.29, 1.82) is 0 Å². The molecule has 0 aliphatic carbocycles. The number of fused-ring (bicyclic) bond motifs is 1. The third-order valence-electron chi connectivity index (χ3n) is 6.75. The Morgan fingerprint density at radius 1 is 1.09 bits per heavy atom. The van der Waals surface area contributed by atoms with Crippen LogP contribution in [0.25, 0.3) is 5.00 Å². The van der Waals surface area contributed by atoms with Gasteiger partial charge in [0.2, 0.25) is 0 Å². The summed E-state index contributed by atoms with van der Waals surface area (Å²) < 4.78 is 2.22. The number of nitrogens with zero attached hydrogens (tertiary/aromatic N) is 2. The molecule has 6 heteroatoms. The molecule has 0 unspecified atom stereocenters. The van der Waals surface area contributed by atoms with Gasteiger partial charge in [-0.25, -0.2) is 4.79 Å². The van der Waals surface area contributed by atoms with Crippen molar-refractivity contribution in [3.8, 4) is 5.00 Å². The Balaban J connectivity index is 1.64. The number of urea groups is 1. The molecule has 3 aromatic rings. The van der Waals surface area contributed by atoms with E-state index in [0.717, 1.165) is 51.0 Å².